The normalized spacial score (nSPS) is 18.5. The molecule has 0 aromatic heterocycles. The van der Waals surface area contributed by atoms with E-state index in [1.807, 2.05) is 0 Å². The second-order valence-electron chi connectivity index (χ2n) is 7.66. The van der Waals surface area contributed by atoms with Crippen molar-refractivity contribution in [3.05, 3.63) is 156 Å². The fourth-order valence-corrected chi connectivity index (χ4v) is 5.45. The van der Waals surface area contributed by atoms with E-state index >= 15 is 0 Å². The number of hydrogen-bond donors (Lipinski definition) is 0. The van der Waals surface area contributed by atoms with Crippen molar-refractivity contribution in [1.29, 1.82) is 0 Å². The van der Waals surface area contributed by atoms with Gasteiger partial charge in [0.15, 0.2) is 0 Å². The maximum absolute atomic E-state index is 4.30. The van der Waals surface area contributed by atoms with Gasteiger partial charge >= 0.3 is 0 Å². The first-order valence-electron chi connectivity index (χ1n) is 10.5. The molecule has 4 aromatic rings. The highest BCUT2D eigenvalue weighted by atomic mass is 79.9. The van der Waals surface area contributed by atoms with E-state index in [1.54, 1.807) is 0 Å². The van der Waals surface area contributed by atoms with Gasteiger partial charge in [0.25, 0.3) is 0 Å². The molecule has 1 radical (unpaired) electrons. The number of allylic oxidation sites excluding steroid dienone is 4. The summed E-state index contributed by atoms with van der Waals surface area (Å²) in [7, 11) is 0. The van der Waals surface area contributed by atoms with Gasteiger partial charge in [-0.05, 0) is 39.0 Å². The third kappa shape index (κ3) is 3.60. The van der Waals surface area contributed by atoms with E-state index in [-0.39, 0.29) is 0 Å². The highest BCUT2D eigenvalue weighted by molar-refractivity contribution is 9.10. The van der Waals surface area contributed by atoms with Crippen molar-refractivity contribution in [2.75, 3.05) is 0 Å². The fourth-order valence-electron chi connectivity index (χ4n) is 4.38. The molecule has 0 saturated heterocycles. The van der Waals surface area contributed by atoms with Crippen LogP contribution in [0.2, 0.25) is 0 Å². The first-order valence-corrected chi connectivity index (χ1v) is 11.3. The van der Waals surface area contributed by atoms with E-state index in [1.165, 1.54) is 39.0 Å². The number of halogens is 1. The smallest absolute Gasteiger partial charge is 0.0701 e. The predicted octanol–water partition coefficient (Wildman–Crippen LogP) is 8.19. The van der Waals surface area contributed by atoms with Crippen LogP contribution in [-0.4, -0.2) is 0 Å². The summed E-state index contributed by atoms with van der Waals surface area (Å²) in [6.07, 6.45) is 4.54. The quantitative estimate of drug-likeness (QED) is 0.268. The third-order valence-corrected chi connectivity index (χ3v) is 7.09. The Morgan fingerprint density at radius 1 is 0.484 bits per heavy atom. The number of benzene rings is 4. The van der Waals surface area contributed by atoms with E-state index < -0.39 is 4.32 Å². The summed E-state index contributed by atoms with van der Waals surface area (Å²) in [5.74, 6) is 0. The van der Waals surface area contributed by atoms with Gasteiger partial charge in [-0.1, -0.05) is 143 Å². The van der Waals surface area contributed by atoms with Crippen LogP contribution in [-0.2, 0) is 4.32 Å². The molecule has 0 spiro atoms. The van der Waals surface area contributed by atoms with Crippen LogP contribution in [0.3, 0.4) is 0 Å². The Hall–Kier alpha value is -3.16. The van der Waals surface area contributed by atoms with E-state index in [4.69, 9.17) is 0 Å². The van der Waals surface area contributed by atoms with Crippen LogP contribution in [0.4, 0.5) is 0 Å². The highest BCUT2D eigenvalue weighted by Gasteiger charge is 2.42. The zero-order valence-electron chi connectivity index (χ0n) is 17.1. The molecule has 0 bridgehead atoms. The van der Waals surface area contributed by atoms with Crippen LogP contribution >= 0.6 is 15.9 Å². The summed E-state index contributed by atoms with van der Waals surface area (Å²) < 4.78 is -0.489. The summed E-state index contributed by atoms with van der Waals surface area (Å²) >= 11 is 4.30. The molecule has 0 heterocycles. The topological polar surface area (TPSA) is 0 Å². The summed E-state index contributed by atoms with van der Waals surface area (Å²) in [5.41, 5.74) is 8.56. The van der Waals surface area contributed by atoms with E-state index in [0.717, 1.165) is 0 Å². The minimum atomic E-state index is -0.489. The molecule has 1 heteroatoms. The van der Waals surface area contributed by atoms with Gasteiger partial charge in [-0.2, -0.15) is 0 Å². The molecule has 1 aliphatic carbocycles. The lowest BCUT2D eigenvalue weighted by atomic mass is 9.71. The zero-order chi connectivity index (χ0) is 21.1. The fraction of sp³-hybridized carbons (Fsp3) is 0.0333. The Bertz CT molecular complexity index is 1220. The minimum absolute atomic E-state index is 0.489. The Labute approximate surface area is 192 Å². The molecule has 5 rings (SSSR count). The van der Waals surface area contributed by atoms with Gasteiger partial charge in [0.1, 0.15) is 4.32 Å². The molecule has 1 atom stereocenters. The molecular weight excluding hydrogens is 440 g/mol. The van der Waals surface area contributed by atoms with Crippen molar-refractivity contribution < 1.29 is 0 Å². The molecule has 31 heavy (non-hydrogen) atoms. The van der Waals surface area contributed by atoms with E-state index in [9.17, 15) is 0 Å². The number of rotatable bonds is 4. The van der Waals surface area contributed by atoms with Crippen LogP contribution in [0.25, 0.3) is 16.7 Å². The molecular formula is C30H22Br. The standard InChI is InChI=1S/C30H22Br/c31-30(26-19-11-4-12-20-26)28(24-15-7-2-8-16-24)22-21-27(23-13-5-1-6-14-23)29(30)25-17-9-3-10-18-25/h1-22H. The first kappa shape index (κ1) is 19.8. The van der Waals surface area contributed by atoms with Crippen molar-refractivity contribution in [1.82, 2.24) is 0 Å². The van der Waals surface area contributed by atoms with Crippen LogP contribution in [0, 0.1) is 6.42 Å². The lowest BCUT2D eigenvalue weighted by molar-refractivity contribution is 1.05. The van der Waals surface area contributed by atoms with Gasteiger partial charge in [-0.25, -0.2) is 0 Å². The third-order valence-electron chi connectivity index (χ3n) is 5.81. The second kappa shape index (κ2) is 8.53. The van der Waals surface area contributed by atoms with E-state index in [0.29, 0.717) is 0 Å². The van der Waals surface area contributed by atoms with Crippen LogP contribution < -0.4 is 0 Å². The van der Waals surface area contributed by atoms with Crippen molar-refractivity contribution in [2.45, 2.75) is 4.32 Å². The molecule has 0 nitrogen and oxygen atoms in total. The lowest BCUT2D eigenvalue weighted by Crippen LogP contribution is -2.26. The molecule has 0 saturated carbocycles. The average molecular weight is 462 g/mol. The molecule has 0 N–H and O–H groups in total. The SMILES string of the molecule is BrC1(c2ccccc2)C(c2ccccc2)=C[CH]C(c2ccccc2)=C1c1ccccc1. The van der Waals surface area contributed by atoms with Crippen LogP contribution in [0.1, 0.15) is 22.3 Å². The lowest BCUT2D eigenvalue weighted by Gasteiger charge is -2.39. The Morgan fingerprint density at radius 2 is 0.935 bits per heavy atom. The maximum Gasteiger partial charge on any atom is 0.102 e. The Balaban J connectivity index is 1.84. The molecule has 1 unspecified atom stereocenters. The molecule has 1 aliphatic rings. The Kier molecular flexibility index (Phi) is 5.44. The monoisotopic (exact) mass is 461 g/mol. The number of hydrogen-bond acceptors (Lipinski definition) is 0. The van der Waals surface area contributed by atoms with Gasteiger partial charge in [0.2, 0.25) is 0 Å². The minimum Gasteiger partial charge on any atom is -0.0701 e. The first-order chi connectivity index (χ1) is 15.3. The highest BCUT2D eigenvalue weighted by Crippen LogP contribution is 2.58. The predicted molar refractivity (Wildman–Crippen MR) is 135 cm³/mol. The van der Waals surface area contributed by atoms with Crippen LogP contribution in [0.5, 0.6) is 0 Å². The van der Waals surface area contributed by atoms with Gasteiger partial charge < -0.3 is 0 Å². The maximum atomic E-state index is 4.30. The molecule has 149 valence electrons. The average Bonchev–Trinajstić information content (AvgIpc) is 2.86. The molecule has 0 fully saturated rings. The van der Waals surface area contributed by atoms with Crippen molar-refractivity contribution in [2.24, 2.45) is 0 Å². The van der Waals surface area contributed by atoms with Gasteiger partial charge in [-0.15, -0.1) is 0 Å². The molecule has 0 aliphatic heterocycles. The number of alkyl halides is 1. The zero-order valence-corrected chi connectivity index (χ0v) is 18.7. The van der Waals surface area contributed by atoms with E-state index in [2.05, 4.69) is 150 Å². The van der Waals surface area contributed by atoms with Gasteiger partial charge in [0.05, 0.1) is 0 Å². The van der Waals surface area contributed by atoms with Crippen molar-refractivity contribution >= 4 is 32.6 Å². The van der Waals surface area contributed by atoms with Gasteiger partial charge in [0, 0.05) is 6.42 Å². The summed E-state index contributed by atoms with van der Waals surface area (Å²) in [5, 5.41) is 0. The molecule has 0 amide bonds. The largest absolute Gasteiger partial charge is 0.102 e. The van der Waals surface area contributed by atoms with Crippen LogP contribution in [0.15, 0.2) is 127 Å². The van der Waals surface area contributed by atoms with Gasteiger partial charge in [-0.3, -0.25) is 0 Å². The van der Waals surface area contributed by atoms with Crippen molar-refractivity contribution in [3.8, 4) is 0 Å². The second-order valence-corrected chi connectivity index (χ2v) is 8.85. The summed E-state index contributed by atoms with van der Waals surface area (Å²) in [4.78, 5) is 0. The molecule has 4 aromatic carbocycles. The Morgan fingerprint density at radius 3 is 1.48 bits per heavy atom. The summed E-state index contributed by atoms with van der Waals surface area (Å²) in [6, 6.07) is 42.8. The summed E-state index contributed by atoms with van der Waals surface area (Å²) in [6.45, 7) is 0. The van der Waals surface area contributed by atoms with Crippen molar-refractivity contribution in [3.63, 3.8) is 0 Å².